The molecule has 0 aliphatic heterocycles. The molecule has 8 fully saturated rings. The van der Waals surface area contributed by atoms with E-state index in [4.69, 9.17) is 0 Å². The molecule has 14 rings (SSSR count). The average molecular weight is 597 g/mol. The van der Waals surface area contributed by atoms with E-state index in [0.29, 0.717) is 10.8 Å². The number of benzene rings is 6. The molecule has 0 aromatic heterocycles. The molecule has 0 atom stereocenters. The van der Waals surface area contributed by atoms with Gasteiger partial charge < -0.3 is 0 Å². The molecule has 0 amide bonds. The molecule has 0 spiro atoms. The highest BCUT2D eigenvalue weighted by Crippen LogP contribution is 2.62. The van der Waals surface area contributed by atoms with Gasteiger partial charge in [0.1, 0.15) is 0 Å². The highest BCUT2D eigenvalue weighted by Gasteiger charge is 2.53. The molecular formula is C46H44. The first-order valence-corrected chi connectivity index (χ1v) is 18.9. The summed E-state index contributed by atoms with van der Waals surface area (Å²) in [5, 5.41) is 14.6. The smallest absolute Gasteiger partial charge is 0.00138 e. The zero-order valence-electron chi connectivity index (χ0n) is 27.0. The second kappa shape index (κ2) is 8.74. The van der Waals surface area contributed by atoms with E-state index in [1.165, 1.54) is 131 Å². The Hall–Kier alpha value is -3.38. The van der Waals surface area contributed by atoms with E-state index in [1.54, 1.807) is 11.1 Å². The summed E-state index contributed by atoms with van der Waals surface area (Å²) in [7, 11) is 0. The molecule has 0 N–H and O–H groups in total. The number of hydrogen-bond acceptors (Lipinski definition) is 0. The molecule has 0 heteroatoms. The molecule has 8 saturated carbocycles. The van der Waals surface area contributed by atoms with E-state index in [0.717, 1.165) is 35.5 Å². The molecule has 6 aromatic rings. The standard InChI is InChI=1S/C46H44/c1-3-7-39-35(5-1)37-11-9-33(45-21-27-13-28(22-45)15-29(14-27)23-45)19-41(37)44-40-8-4-2-6-36(40)38-12-10-34(20-42(38)43(39)44)46-24-30-16-31(25-46)18-32(17-30)26-46/h1-12,19-20,27-32H,13-18,21-26H2. The van der Waals surface area contributed by atoms with Crippen molar-refractivity contribution < 1.29 is 0 Å². The van der Waals surface area contributed by atoms with E-state index in [9.17, 15) is 0 Å². The van der Waals surface area contributed by atoms with Crippen molar-refractivity contribution in [2.24, 2.45) is 35.5 Å². The van der Waals surface area contributed by atoms with E-state index in [1.807, 2.05) is 0 Å². The van der Waals surface area contributed by atoms with Gasteiger partial charge in [-0.1, -0.05) is 72.8 Å². The van der Waals surface area contributed by atoms with Gasteiger partial charge in [-0.25, -0.2) is 0 Å². The lowest BCUT2D eigenvalue weighted by molar-refractivity contribution is -0.00524. The molecule has 8 aliphatic carbocycles. The van der Waals surface area contributed by atoms with Crippen molar-refractivity contribution in [1.29, 1.82) is 0 Å². The lowest BCUT2D eigenvalue weighted by atomic mass is 9.48. The molecule has 0 radical (unpaired) electrons. The number of fused-ring (bicyclic) bond motifs is 11. The Balaban J connectivity index is 1.19. The Morgan fingerprint density at radius 3 is 0.978 bits per heavy atom. The summed E-state index contributed by atoms with van der Waals surface area (Å²) in [6.07, 6.45) is 17.6. The van der Waals surface area contributed by atoms with Gasteiger partial charge in [0.15, 0.2) is 0 Å². The van der Waals surface area contributed by atoms with Gasteiger partial charge >= 0.3 is 0 Å². The zero-order valence-corrected chi connectivity index (χ0v) is 27.0. The average Bonchev–Trinajstić information content (AvgIpc) is 3.06. The first-order chi connectivity index (χ1) is 22.6. The van der Waals surface area contributed by atoms with Crippen molar-refractivity contribution in [3.63, 3.8) is 0 Å². The Morgan fingerprint density at radius 2 is 0.630 bits per heavy atom. The molecule has 6 aromatic carbocycles. The fourth-order valence-corrected chi connectivity index (χ4v) is 14.3. The van der Waals surface area contributed by atoms with Gasteiger partial charge in [-0.05, 0) is 201 Å². The lowest BCUT2D eigenvalue weighted by Gasteiger charge is -2.57. The molecule has 8 bridgehead atoms. The van der Waals surface area contributed by atoms with Crippen LogP contribution in [0, 0.1) is 35.5 Å². The molecule has 0 heterocycles. The van der Waals surface area contributed by atoms with Crippen LogP contribution >= 0.6 is 0 Å². The Labute approximate surface area is 272 Å². The molecular weight excluding hydrogens is 553 g/mol. The van der Waals surface area contributed by atoms with Gasteiger partial charge in [0.2, 0.25) is 0 Å². The highest BCUT2D eigenvalue weighted by atomic mass is 14.6. The SMILES string of the molecule is c1ccc2c(c1)c1ccc(C34CC5CC(CC(C5)C3)C4)cc1c1c3ccccc3c3ccc(C45CC6CC(CC(C6)C4)C5)cc3c21. The molecule has 0 unspecified atom stereocenters. The van der Waals surface area contributed by atoms with Crippen molar-refractivity contribution in [3.8, 4) is 0 Å². The van der Waals surface area contributed by atoms with Crippen LogP contribution in [0.4, 0.5) is 0 Å². The van der Waals surface area contributed by atoms with Crippen LogP contribution in [0.5, 0.6) is 0 Å². The lowest BCUT2D eigenvalue weighted by Crippen LogP contribution is -2.48. The quantitative estimate of drug-likeness (QED) is 0.174. The molecule has 228 valence electrons. The van der Waals surface area contributed by atoms with Crippen molar-refractivity contribution in [2.45, 2.75) is 87.9 Å². The second-order valence-corrected chi connectivity index (χ2v) is 17.8. The van der Waals surface area contributed by atoms with E-state index < -0.39 is 0 Å². The van der Waals surface area contributed by atoms with E-state index in [2.05, 4.69) is 84.9 Å². The Bertz CT molecular complexity index is 2050. The fraction of sp³-hybridized carbons (Fsp3) is 0.435. The van der Waals surface area contributed by atoms with Crippen molar-refractivity contribution >= 4 is 53.9 Å². The third-order valence-corrected chi connectivity index (χ3v) is 15.1. The minimum atomic E-state index is 0.402. The Kier molecular flexibility index (Phi) is 4.88. The van der Waals surface area contributed by atoms with Gasteiger partial charge in [0.05, 0.1) is 0 Å². The van der Waals surface area contributed by atoms with Crippen LogP contribution in [0.3, 0.4) is 0 Å². The van der Waals surface area contributed by atoms with E-state index >= 15 is 0 Å². The first-order valence-electron chi connectivity index (χ1n) is 18.9. The summed E-state index contributed by atoms with van der Waals surface area (Å²) in [4.78, 5) is 0. The van der Waals surface area contributed by atoms with Crippen molar-refractivity contribution in [1.82, 2.24) is 0 Å². The molecule has 0 nitrogen and oxygen atoms in total. The predicted octanol–water partition coefficient (Wildman–Crippen LogP) is 12.4. The maximum absolute atomic E-state index is 2.72. The van der Waals surface area contributed by atoms with Gasteiger partial charge in [-0.3, -0.25) is 0 Å². The van der Waals surface area contributed by atoms with Crippen LogP contribution in [0.2, 0.25) is 0 Å². The maximum Gasteiger partial charge on any atom is -0.00138 e. The third-order valence-electron chi connectivity index (χ3n) is 15.1. The zero-order chi connectivity index (χ0) is 29.8. The number of hydrogen-bond donors (Lipinski definition) is 0. The maximum atomic E-state index is 2.72. The largest absolute Gasteiger partial charge is 0.0616 e. The van der Waals surface area contributed by atoms with Crippen LogP contribution < -0.4 is 0 Å². The normalized spacial score (nSPS) is 35.8. The summed E-state index contributed by atoms with van der Waals surface area (Å²) >= 11 is 0. The molecule has 8 aliphatic rings. The minimum Gasteiger partial charge on any atom is -0.0616 e. The summed E-state index contributed by atoms with van der Waals surface area (Å²) in [5.74, 6) is 5.77. The predicted molar refractivity (Wildman–Crippen MR) is 194 cm³/mol. The fourth-order valence-electron chi connectivity index (χ4n) is 14.3. The van der Waals surface area contributed by atoms with Gasteiger partial charge in [0, 0.05) is 0 Å². The summed E-state index contributed by atoms with van der Waals surface area (Å²) < 4.78 is 0. The first kappa shape index (κ1) is 25.7. The highest BCUT2D eigenvalue weighted by molar-refractivity contribution is 6.39. The second-order valence-electron chi connectivity index (χ2n) is 17.8. The van der Waals surface area contributed by atoms with Crippen LogP contribution in [0.1, 0.15) is 88.2 Å². The van der Waals surface area contributed by atoms with Crippen LogP contribution in [0.15, 0.2) is 84.9 Å². The molecule has 0 saturated heterocycles. The van der Waals surface area contributed by atoms with Crippen LogP contribution in [0.25, 0.3) is 53.9 Å². The van der Waals surface area contributed by atoms with Crippen LogP contribution in [-0.2, 0) is 10.8 Å². The minimum absolute atomic E-state index is 0.402. The summed E-state index contributed by atoms with van der Waals surface area (Å²) in [6.45, 7) is 0. The van der Waals surface area contributed by atoms with E-state index in [-0.39, 0.29) is 0 Å². The Morgan fingerprint density at radius 1 is 0.326 bits per heavy atom. The summed E-state index contributed by atoms with van der Waals surface area (Å²) in [6, 6.07) is 34.4. The van der Waals surface area contributed by atoms with Gasteiger partial charge in [0.25, 0.3) is 0 Å². The van der Waals surface area contributed by atoms with Crippen LogP contribution in [-0.4, -0.2) is 0 Å². The van der Waals surface area contributed by atoms with Crippen molar-refractivity contribution in [3.05, 3.63) is 96.1 Å². The van der Waals surface area contributed by atoms with Crippen molar-refractivity contribution in [2.75, 3.05) is 0 Å². The number of rotatable bonds is 2. The third kappa shape index (κ3) is 3.32. The monoisotopic (exact) mass is 596 g/mol. The van der Waals surface area contributed by atoms with Gasteiger partial charge in [-0.2, -0.15) is 0 Å². The topological polar surface area (TPSA) is 0 Å². The summed E-state index contributed by atoms with van der Waals surface area (Å²) in [5.41, 5.74) is 4.11. The molecule has 46 heavy (non-hydrogen) atoms. The van der Waals surface area contributed by atoms with Gasteiger partial charge in [-0.15, -0.1) is 0 Å².